The molecule has 2 saturated carbocycles. The Morgan fingerprint density at radius 1 is 1.32 bits per heavy atom. The molecule has 3 heteroatoms. The third-order valence-electron chi connectivity index (χ3n) is 4.54. The minimum atomic E-state index is -0.697. The van der Waals surface area contributed by atoms with Crippen molar-refractivity contribution in [3.63, 3.8) is 0 Å². The fourth-order valence-corrected chi connectivity index (χ4v) is 2.90. The number of aliphatic hydroxyl groups excluding tert-OH is 1. The molecule has 0 aromatic heterocycles. The summed E-state index contributed by atoms with van der Waals surface area (Å²) in [5.41, 5.74) is 1.23. The van der Waals surface area contributed by atoms with Crippen LogP contribution in [-0.4, -0.2) is 17.6 Å². The van der Waals surface area contributed by atoms with E-state index >= 15 is 0 Å². The highest BCUT2D eigenvalue weighted by Gasteiger charge is 2.53. The van der Waals surface area contributed by atoms with Crippen molar-refractivity contribution in [3.8, 4) is 0 Å². The highest BCUT2D eigenvalue weighted by molar-refractivity contribution is 5.76. The Bertz CT molecular complexity index is 449. The Hall–Kier alpha value is -1.35. The quantitative estimate of drug-likeness (QED) is 0.824. The van der Waals surface area contributed by atoms with Crippen molar-refractivity contribution in [1.29, 1.82) is 0 Å². The van der Waals surface area contributed by atoms with Crippen LogP contribution in [0.3, 0.4) is 0 Å². The lowest BCUT2D eigenvalue weighted by atomic mass is 10.0. The summed E-state index contributed by atoms with van der Waals surface area (Å²) in [6, 6.07) is 9.36. The minimum Gasteiger partial charge on any atom is -0.388 e. The van der Waals surface area contributed by atoms with Gasteiger partial charge in [-0.15, -0.1) is 0 Å². The van der Waals surface area contributed by atoms with E-state index in [9.17, 15) is 9.90 Å². The Kier molecular flexibility index (Phi) is 3.31. The molecular formula is C16H21NO2. The summed E-state index contributed by atoms with van der Waals surface area (Å²) >= 11 is 0. The molecule has 1 aromatic rings. The van der Waals surface area contributed by atoms with Gasteiger partial charge in [-0.25, -0.2) is 0 Å². The number of carbonyl (C=O) groups excluding carboxylic acids is 1. The summed E-state index contributed by atoms with van der Waals surface area (Å²) in [4.78, 5) is 11.9. The molecule has 0 bridgehead atoms. The lowest BCUT2D eigenvalue weighted by Gasteiger charge is -2.16. The zero-order valence-corrected chi connectivity index (χ0v) is 11.1. The molecule has 1 unspecified atom stereocenters. The maximum absolute atomic E-state index is 11.9. The Labute approximate surface area is 114 Å². The van der Waals surface area contributed by atoms with Crippen molar-refractivity contribution in [3.05, 3.63) is 35.9 Å². The summed E-state index contributed by atoms with van der Waals surface area (Å²) in [6.45, 7) is 0.804. The number of amides is 1. The van der Waals surface area contributed by atoms with Gasteiger partial charge in [0.1, 0.15) is 0 Å². The van der Waals surface area contributed by atoms with Gasteiger partial charge in [0.25, 0.3) is 0 Å². The van der Waals surface area contributed by atoms with Crippen LogP contribution in [0.4, 0.5) is 0 Å². The molecule has 0 aliphatic heterocycles. The standard InChI is InChI=1S/C16H21NO2/c18-14(12-4-2-1-3-5-12)10-15(19)17-11-16(8-9-16)13-6-7-13/h1-5,13-14,18H,6-11H2,(H,17,19). The predicted molar refractivity (Wildman–Crippen MR) is 73.4 cm³/mol. The first-order valence-corrected chi connectivity index (χ1v) is 7.19. The van der Waals surface area contributed by atoms with Gasteiger partial charge >= 0.3 is 0 Å². The molecule has 0 spiro atoms. The molecule has 2 aliphatic carbocycles. The normalized spacial score (nSPS) is 21.7. The first-order valence-electron chi connectivity index (χ1n) is 7.19. The van der Waals surface area contributed by atoms with Gasteiger partial charge in [0.15, 0.2) is 0 Å². The number of rotatable bonds is 6. The van der Waals surface area contributed by atoms with Crippen molar-refractivity contribution in [1.82, 2.24) is 5.32 Å². The maximum Gasteiger partial charge on any atom is 0.222 e. The second-order valence-electron chi connectivity index (χ2n) is 6.04. The van der Waals surface area contributed by atoms with Gasteiger partial charge in [-0.3, -0.25) is 4.79 Å². The summed E-state index contributed by atoms with van der Waals surface area (Å²) in [7, 11) is 0. The molecule has 2 N–H and O–H groups in total. The third-order valence-corrected chi connectivity index (χ3v) is 4.54. The molecular weight excluding hydrogens is 238 g/mol. The molecule has 102 valence electrons. The molecule has 3 nitrogen and oxygen atoms in total. The van der Waals surface area contributed by atoms with Gasteiger partial charge in [0, 0.05) is 6.54 Å². The Balaban J connectivity index is 1.46. The van der Waals surface area contributed by atoms with Crippen molar-refractivity contribution in [2.24, 2.45) is 11.3 Å². The summed E-state index contributed by atoms with van der Waals surface area (Å²) < 4.78 is 0. The highest BCUT2D eigenvalue weighted by Crippen LogP contribution is 2.60. The Morgan fingerprint density at radius 2 is 2.00 bits per heavy atom. The molecule has 1 aromatic carbocycles. The van der Waals surface area contributed by atoms with Crippen LogP contribution in [0.1, 0.15) is 43.8 Å². The van der Waals surface area contributed by atoms with Crippen molar-refractivity contribution in [2.75, 3.05) is 6.54 Å². The number of hydrogen-bond donors (Lipinski definition) is 2. The lowest BCUT2D eigenvalue weighted by molar-refractivity contribution is -0.123. The van der Waals surface area contributed by atoms with E-state index in [1.54, 1.807) is 0 Å². The van der Waals surface area contributed by atoms with Crippen molar-refractivity contribution in [2.45, 2.75) is 38.2 Å². The van der Waals surface area contributed by atoms with E-state index < -0.39 is 6.10 Å². The van der Waals surface area contributed by atoms with Crippen molar-refractivity contribution >= 4 is 5.91 Å². The number of hydrogen-bond acceptors (Lipinski definition) is 2. The van der Waals surface area contributed by atoms with Crippen molar-refractivity contribution < 1.29 is 9.90 Å². The summed E-state index contributed by atoms with van der Waals surface area (Å²) in [5, 5.41) is 13.0. The van der Waals surface area contributed by atoms with E-state index in [1.165, 1.54) is 25.7 Å². The largest absolute Gasteiger partial charge is 0.388 e. The second kappa shape index (κ2) is 4.97. The average Bonchev–Trinajstić information content (AvgIpc) is 3.29. The van der Waals surface area contributed by atoms with Crippen LogP contribution in [-0.2, 0) is 4.79 Å². The number of aliphatic hydroxyl groups is 1. The fraction of sp³-hybridized carbons (Fsp3) is 0.562. The van der Waals surface area contributed by atoms with Gasteiger partial charge in [0.05, 0.1) is 12.5 Å². The average molecular weight is 259 g/mol. The van der Waals surface area contributed by atoms with E-state index in [-0.39, 0.29) is 12.3 Å². The fourth-order valence-electron chi connectivity index (χ4n) is 2.90. The zero-order chi connectivity index (χ0) is 13.3. The second-order valence-corrected chi connectivity index (χ2v) is 6.04. The number of carbonyl (C=O) groups is 1. The van der Waals surface area contributed by atoms with E-state index in [1.807, 2.05) is 30.3 Å². The molecule has 3 rings (SSSR count). The van der Waals surface area contributed by atoms with Crippen LogP contribution < -0.4 is 5.32 Å². The van der Waals surface area contributed by atoms with Crippen LogP contribution in [0.2, 0.25) is 0 Å². The lowest BCUT2D eigenvalue weighted by Crippen LogP contribution is -2.32. The highest BCUT2D eigenvalue weighted by atomic mass is 16.3. The van der Waals surface area contributed by atoms with E-state index in [0.717, 1.165) is 18.0 Å². The first-order chi connectivity index (χ1) is 9.20. The van der Waals surface area contributed by atoms with E-state index in [2.05, 4.69) is 5.32 Å². The smallest absolute Gasteiger partial charge is 0.222 e. The SMILES string of the molecule is O=C(CC(O)c1ccccc1)NCC1(C2CC2)CC1. The van der Waals surface area contributed by atoms with Crippen LogP contribution in [0.25, 0.3) is 0 Å². The molecule has 0 radical (unpaired) electrons. The van der Waals surface area contributed by atoms with Gasteiger partial charge in [0.2, 0.25) is 5.91 Å². The first kappa shape index (κ1) is 12.7. The topological polar surface area (TPSA) is 49.3 Å². The van der Waals surface area contributed by atoms with Gasteiger partial charge in [-0.05, 0) is 42.6 Å². The molecule has 19 heavy (non-hydrogen) atoms. The molecule has 1 amide bonds. The van der Waals surface area contributed by atoms with Crippen LogP contribution in [0.5, 0.6) is 0 Å². The number of nitrogens with one attached hydrogen (secondary N) is 1. The Morgan fingerprint density at radius 3 is 2.58 bits per heavy atom. The van der Waals surface area contributed by atoms with Gasteiger partial charge in [-0.1, -0.05) is 30.3 Å². The van der Waals surface area contributed by atoms with E-state index in [4.69, 9.17) is 0 Å². The van der Waals surface area contributed by atoms with E-state index in [0.29, 0.717) is 5.41 Å². The summed E-state index contributed by atoms with van der Waals surface area (Å²) in [6.07, 6.45) is 4.66. The van der Waals surface area contributed by atoms with Crippen LogP contribution in [0, 0.1) is 11.3 Å². The van der Waals surface area contributed by atoms with Crippen LogP contribution in [0.15, 0.2) is 30.3 Å². The minimum absolute atomic E-state index is 0.0386. The predicted octanol–water partition coefficient (Wildman–Crippen LogP) is 2.42. The maximum atomic E-state index is 11.9. The van der Waals surface area contributed by atoms with Gasteiger partial charge < -0.3 is 10.4 Å². The molecule has 1 atom stereocenters. The molecule has 0 heterocycles. The van der Waals surface area contributed by atoms with Crippen LogP contribution >= 0.6 is 0 Å². The zero-order valence-electron chi connectivity index (χ0n) is 11.1. The molecule has 2 fully saturated rings. The number of benzene rings is 1. The molecule has 0 saturated heterocycles. The third kappa shape index (κ3) is 2.98. The monoisotopic (exact) mass is 259 g/mol. The molecule has 2 aliphatic rings. The van der Waals surface area contributed by atoms with Gasteiger partial charge in [-0.2, -0.15) is 0 Å². The summed E-state index contributed by atoms with van der Waals surface area (Å²) in [5.74, 6) is 0.815.